The molecule has 0 atom stereocenters. The lowest BCUT2D eigenvalue weighted by molar-refractivity contribution is -0.897. The number of sulfonamides is 1. The molecule has 0 saturated carbocycles. The SMILES string of the molecule is CCCC[N+]1(C)CCCC1.NS(=O)(=O)C(F)(F)F. The highest BCUT2D eigenvalue weighted by atomic mass is 32.2. The molecule has 0 amide bonds. The average molecular weight is 291 g/mol. The minimum absolute atomic E-state index is 1.36. The van der Waals surface area contributed by atoms with Crippen molar-refractivity contribution in [3.05, 3.63) is 0 Å². The third-order valence-corrected chi connectivity index (χ3v) is 3.67. The van der Waals surface area contributed by atoms with Crippen LogP contribution in [0.5, 0.6) is 0 Å². The second-order valence-electron chi connectivity index (χ2n) is 4.84. The number of nitrogens with zero attached hydrogens (tertiary/aromatic N) is 1. The number of rotatable bonds is 3. The van der Waals surface area contributed by atoms with Crippen molar-refractivity contribution in [3.63, 3.8) is 0 Å². The van der Waals surface area contributed by atoms with Gasteiger partial charge in [-0.2, -0.15) is 13.2 Å². The summed E-state index contributed by atoms with van der Waals surface area (Å²) in [6.07, 6.45) is 5.69. The Kier molecular flexibility index (Phi) is 6.59. The van der Waals surface area contributed by atoms with Crippen LogP contribution in [0.2, 0.25) is 0 Å². The summed E-state index contributed by atoms with van der Waals surface area (Å²) in [5.74, 6) is 0. The number of hydrogen-bond acceptors (Lipinski definition) is 2. The van der Waals surface area contributed by atoms with Gasteiger partial charge < -0.3 is 4.48 Å². The van der Waals surface area contributed by atoms with E-state index in [9.17, 15) is 21.6 Å². The smallest absolute Gasteiger partial charge is 0.326 e. The van der Waals surface area contributed by atoms with Gasteiger partial charge in [0.25, 0.3) is 0 Å². The standard InChI is InChI=1S/C9H20N.CH2F3NO2S/c1-3-4-7-10(2)8-5-6-9-10;2-1(3,4)8(5,6)7/h3-9H2,1-2H3;(H2,5,6,7)/q+1;. The molecular weight excluding hydrogens is 269 g/mol. The second-order valence-corrected chi connectivity index (χ2v) is 6.39. The molecule has 8 heteroatoms. The second kappa shape index (κ2) is 6.72. The van der Waals surface area contributed by atoms with E-state index in [0.29, 0.717) is 0 Å². The van der Waals surface area contributed by atoms with Crippen molar-refractivity contribution in [1.82, 2.24) is 0 Å². The van der Waals surface area contributed by atoms with E-state index in [0.717, 1.165) is 0 Å². The van der Waals surface area contributed by atoms with Crippen LogP contribution in [0.3, 0.4) is 0 Å². The van der Waals surface area contributed by atoms with Crippen LogP contribution in [-0.2, 0) is 10.0 Å². The first-order valence-electron chi connectivity index (χ1n) is 5.94. The zero-order chi connectivity index (χ0) is 14.4. The van der Waals surface area contributed by atoms with Crippen LogP contribution in [0.4, 0.5) is 13.2 Å². The number of nitrogens with two attached hydrogens (primary N) is 1. The molecule has 1 aliphatic rings. The van der Waals surface area contributed by atoms with Crippen molar-refractivity contribution in [2.75, 3.05) is 26.7 Å². The van der Waals surface area contributed by atoms with Gasteiger partial charge in [-0.05, 0) is 6.42 Å². The number of alkyl halides is 3. The van der Waals surface area contributed by atoms with E-state index in [4.69, 9.17) is 0 Å². The van der Waals surface area contributed by atoms with E-state index in [2.05, 4.69) is 19.1 Å². The van der Waals surface area contributed by atoms with Gasteiger partial charge in [0.1, 0.15) is 0 Å². The van der Waals surface area contributed by atoms with Crippen LogP contribution in [0.25, 0.3) is 0 Å². The molecule has 1 heterocycles. The van der Waals surface area contributed by atoms with Gasteiger partial charge >= 0.3 is 15.5 Å². The summed E-state index contributed by atoms with van der Waals surface area (Å²) < 4.78 is 52.5. The highest BCUT2D eigenvalue weighted by molar-refractivity contribution is 7.90. The highest BCUT2D eigenvalue weighted by Crippen LogP contribution is 2.19. The Morgan fingerprint density at radius 1 is 1.22 bits per heavy atom. The largest absolute Gasteiger partial charge is 0.511 e. The molecule has 110 valence electrons. The fourth-order valence-electron chi connectivity index (χ4n) is 1.86. The van der Waals surface area contributed by atoms with Crippen molar-refractivity contribution in [2.24, 2.45) is 5.14 Å². The molecule has 18 heavy (non-hydrogen) atoms. The monoisotopic (exact) mass is 291 g/mol. The van der Waals surface area contributed by atoms with Crippen LogP contribution < -0.4 is 5.14 Å². The zero-order valence-corrected chi connectivity index (χ0v) is 11.6. The molecule has 0 spiro atoms. The van der Waals surface area contributed by atoms with Gasteiger partial charge in [-0.25, -0.2) is 13.6 Å². The maximum absolute atomic E-state index is 10.8. The van der Waals surface area contributed by atoms with Crippen molar-refractivity contribution in [1.29, 1.82) is 0 Å². The van der Waals surface area contributed by atoms with E-state index >= 15 is 0 Å². The topological polar surface area (TPSA) is 60.2 Å². The summed E-state index contributed by atoms with van der Waals surface area (Å²) in [5, 5.41) is 3.66. The first-order valence-corrected chi connectivity index (χ1v) is 7.49. The average Bonchev–Trinajstić information content (AvgIpc) is 2.61. The number of primary sulfonamides is 1. The predicted molar refractivity (Wildman–Crippen MR) is 64.1 cm³/mol. The first kappa shape index (κ1) is 17.7. The van der Waals surface area contributed by atoms with E-state index in [1.165, 1.54) is 49.8 Å². The third-order valence-electron chi connectivity index (χ3n) is 3.02. The maximum atomic E-state index is 10.8. The normalized spacial score (nSPS) is 19.2. The minimum atomic E-state index is -5.34. The number of unbranched alkanes of at least 4 members (excludes halogenated alkanes) is 1. The molecule has 0 bridgehead atoms. The number of halogens is 3. The molecule has 0 aromatic carbocycles. The van der Waals surface area contributed by atoms with Crippen LogP contribution in [0.15, 0.2) is 0 Å². The van der Waals surface area contributed by atoms with E-state index in [1.54, 1.807) is 0 Å². The summed E-state index contributed by atoms with van der Waals surface area (Å²) in [6.45, 7) is 6.55. The number of hydrogen-bond donors (Lipinski definition) is 1. The molecule has 0 aromatic rings. The Morgan fingerprint density at radius 2 is 1.61 bits per heavy atom. The Labute approximate surface area is 107 Å². The number of likely N-dealkylation sites (tertiary alicyclic amines) is 1. The maximum Gasteiger partial charge on any atom is 0.511 e. The molecule has 2 N–H and O–H groups in total. The zero-order valence-electron chi connectivity index (χ0n) is 10.8. The van der Waals surface area contributed by atoms with Gasteiger partial charge in [-0.3, -0.25) is 0 Å². The lowest BCUT2D eigenvalue weighted by Crippen LogP contribution is -2.41. The van der Waals surface area contributed by atoms with Gasteiger partial charge in [0.05, 0.1) is 26.7 Å². The van der Waals surface area contributed by atoms with Gasteiger partial charge in [-0.15, -0.1) is 0 Å². The van der Waals surface area contributed by atoms with Gasteiger partial charge in [-0.1, -0.05) is 13.3 Å². The molecule has 4 nitrogen and oxygen atoms in total. The quantitative estimate of drug-likeness (QED) is 0.806. The Hall–Kier alpha value is -0.340. The van der Waals surface area contributed by atoms with Gasteiger partial charge in [0.2, 0.25) is 0 Å². The van der Waals surface area contributed by atoms with E-state index in [-0.39, 0.29) is 0 Å². The molecule has 1 aliphatic heterocycles. The van der Waals surface area contributed by atoms with Crippen LogP contribution >= 0.6 is 0 Å². The molecular formula is C10H22F3N2O2S+. The Balaban J connectivity index is 0.000000331. The summed E-state index contributed by atoms with van der Waals surface area (Å²) in [6, 6.07) is 0. The first-order chi connectivity index (χ1) is 8.02. The van der Waals surface area contributed by atoms with Gasteiger partial charge in [0.15, 0.2) is 0 Å². The van der Waals surface area contributed by atoms with Crippen molar-refractivity contribution >= 4 is 10.0 Å². The summed E-state index contributed by atoms with van der Waals surface area (Å²) in [5.41, 5.74) is -5.31. The van der Waals surface area contributed by atoms with E-state index in [1.807, 2.05) is 0 Å². The Bertz CT molecular complexity index is 336. The molecule has 0 aromatic heterocycles. The van der Waals surface area contributed by atoms with Crippen molar-refractivity contribution < 1.29 is 26.1 Å². The Morgan fingerprint density at radius 3 is 1.89 bits per heavy atom. The predicted octanol–water partition coefficient (Wildman–Crippen LogP) is 1.82. The lowest BCUT2D eigenvalue weighted by atomic mass is 10.3. The number of quaternary nitrogens is 1. The van der Waals surface area contributed by atoms with Crippen LogP contribution in [0, 0.1) is 0 Å². The molecule has 0 radical (unpaired) electrons. The lowest BCUT2D eigenvalue weighted by Gasteiger charge is -2.28. The molecule has 0 aliphatic carbocycles. The highest BCUT2D eigenvalue weighted by Gasteiger charge is 2.42. The summed E-state index contributed by atoms with van der Waals surface area (Å²) in [7, 11) is -2.93. The fraction of sp³-hybridized carbons (Fsp3) is 1.00. The molecule has 1 rings (SSSR count). The summed E-state index contributed by atoms with van der Waals surface area (Å²) in [4.78, 5) is 0. The fourth-order valence-corrected chi connectivity index (χ4v) is 1.86. The van der Waals surface area contributed by atoms with Crippen molar-refractivity contribution in [2.45, 2.75) is 38.1 Å². The van der Waals surface area contributed by atoms with Gasteiger partial charge in [0, 0.05) is 12.8 Å². The third kappa shape index (κ3) is 6.55. The summed E-state index contributed by atoms with van der Waals surface area (Å²) >= 11 is 0. The molecule has 1 fully saturated rings. The molecule has 1 saturated heterocycles. The van der Waals surface area contributed by atoms with Crippen molar-refractivity contribution in [3.8, 4) is 0 Å². The minimum Gasteiger partial charge on any atom is -0.326 e. The molecule has 0 unspecified atom stereocenters. The van der Waals surface area contributed by atoms with E-state index < -0.39 is 15.5 Å². The van der Waals surface area contributed by atoms with Crippen LogP contribution in [0.1, 0.15) is 32.6 Å². The van der Waals surface area contributed by atoms with Crippen LogP contribution in [-0.4, -0.2) is 45.1 Å².